The Labute approximate surface area is 187 Å². The summed E-state index contributed by atoms with van der Waals surface area (Å²) in [5.41, 5.74) is 1.53. The summed E-state index contributed by atoms with van der Waals surface area (Å²) in [5, 5.41) is 2.98. The van der Waals surface area contributed by atoms with Crippen molar-refractivity contribution in [3.63, 3.8) is 0 Å². The van der Waals surface area contributed by atoms with E-state index >= 15 is 0 Å². The van der Waals surface area contributed by atoms with E-state index in [0.717, 1.165) is 16.3 Å². The van der Waals surface area contributed by atoms with Crippen LogP contribution < -0.4 is 15.6 Å². The molecule has 1 N–H and O–H groups in total. The van der Waals surface area contributed by atoms with Crippen molar-refractivity contribution >= 4 is 22.9 Å². The standard InChI is InChI=1S/C22H21F2N5O2S/c1-13-10-28(12-25-13)18-5-4-16(9-19(18)31-3)27-17-8-15(21(23)24)11-29(22(17)30)14(2)20-6-7-26-32-20/h4-12,14,21,27H,1-3H3/t14-/m0/s1. The van der Waals surface area contributed by atoms with Gasteiger partial charge in [0.25, 0.3) is 12.0 Å². The monoisotopic (exact) mass is 457 g/mol. The molecule has 1 atom stereocenters. The number of rotatable bonds is 7. The summed E-state index contributed by atoms with van der Waals surface area (Å²) in [4.78, 5) is 18.1. The van der Waals surface area contributed by atoms with E-state index in [0.29, 0.717) is 11.4 Å². The van der Waals surface area contributed by atoms with E-state index in [4.69, 9.17) is 4.74 Å². The van der Waals surface area contributed by atoms with Gasteiger partial charge in [0.1, 0.15) is 11.4 Å². The van der Waals surface area contributed by atoms with Crippen LogP contribution in [0.3, 0.4) is 0 Å². The number of nitrogens with one attached hydrogen (secondary N) is 1. The minimum absolute atomic E-state index is 0.0486. The van der Waals surface area contributed by atoms with Crippen LogP contribution in [0.4, 0.5) is 20.2 Å². The van der Waals surface area contributed by atoms with Gasteiger partial charge < -0.3 is 19.2 Å². The number of hydrogen-bond donors (Lipinski definition) is 1. The zero-order chi connectivity index (χ0) is 22.8. The Hall–Kier alpha value is -3.53. The molecule has 0 aliphatic rings. The lowest BCUT2D eigenvalue weighted by atomic mass is 10.2. The molecule has 3 aromatic heterocycles. The molecular formula is C22H21F2N5O2S. The summed E-state index contributed by atoms with van der Waals surface area (Å²) in [7, 11) is 1.54. The van der Waals surface area contributed by atoms with Gasteiger partial charge in [-0.25, -0.2) is 18.1 Å². The topological polar surface area (TPSA) is 74.0 Å². The zero-order valence-corrected chi connectivity index (χ0v) is 18.4. The fourth-order valence-electron chi connectivity index (χ4n) is 3.38. The summed E-state index contributed by atoms with van der Waals surface area (Å²) in [6.45, 7) is 3.66. The van der Waals surface area contributed by atoms with E-state index in [9.17, 15) is 13.6 Å². The van der Waals surface area contributed by atoms with Crippen molar-refractivity contribution in [2.75, 3.05) is 12.4 Å². The van der Waals surface area contributed by atoms with Crippen molar-refractivity contribution in [2.45, 2.75) is 26.3 Å². The van der Waals surface area contributed by atoms with Crippen LogP contribution in [0.5, 0.6) is 5.75 Å². The molecule has 0 bridgehead atoms. The molecule has 166 valence electrons. The first kappa shape index (κ1) is 21.7. The smallest absolute Gasteiger partial charge is 0.274 e. The number of hydrogen-bond acceptors (Lipinski definition) is 6. The van der Waals surface area contributed by atoms with E-state index in [1.54, 1.807) is 43.7 Å². The third-order valence-electron chi connectivity index (χ3n) is 5.05. The van der Waals surface area contributed by atoms with Crippen LogP contribution in [0.25, 0.3) is 5.69 Å². The molecule has 4 rings (SSSR count). The third kappa shape index (κ3) is 4.26. The van der Waals surface area contributed by atoms with Gasteiger partial charge in [0.05, 0.1) is 30.9 Å². The van der Waals surface area contributed by atoms with Crippen LogP contribution >= 0.6 is 11.5 Å². The van der Waals surface area contributed by atoms with E-state index in [1.165, 1.54) is 35.5 Å². The van der Waals surface area contributed by atoms with Crippen molar-refractivity contribution in [1.82, 2.24) is 18.5 Å². The number of aryl methyl sites for hydroxylation is 1. The Kier molecular flexibility index (Phi) is 6.04. The molecule has 0 aliphatic heterocycles. The fourth-order valence-corrected chi connectivity index (χ4v) is 4.01. The number of ether oxygens (including phenoxy) is 1. The molecule has 0 saturated heterocycles. The van der Waals surface area contributed by atoms with Gasteiger partial charge in [0.2, 0.25) is 0 Å². The number of halogens is 2. The van der Waals surface area contributed by atoms with Crippen LogP contribution in [0, 0.1) is 6.92 Å². The molecular weight excluding hydrogens is 436 g/mol. The Morgan fingerprint density at radius 2 is 2.00 bits per heavy atom. The Balaban J connectivity index is 1.73. The lowest BCUT2D eigenvalue weighted by Gasteiger charge is -2.18. The number of alkyl halides is 2. The van der Waals surface area contributed by atoms with Gasteiger partial charge in [0, 0.05) is 40.8 Å². The second kappa shape index (κ2) is 8.91. The molecule has 7 nitrogen and oxygen atoms in total. The average Bonchev–Trinajstić information content (AvgIpc) is 3.46. The highest BCUT2D eigenvalue weighted by Gasteiger charge is 2.19. The first-order valence-electron chi connectivity index (χ1n) is 9.78. The lowest BCUT2D eigenvalue weighted by molar-refractivity contribution is 0.150. The van der Waals surface area contributed by atoms with Crippen molar-refractivity contribution in [2.24, 2.45) is 0 Å². The van der Waals surface area contributed by atoms with Gasteiger partial charge in [-0.2, -0.15) is 0 Å². The number of aromatic nitrogens is 4. The average molecular weight is 458 g/mol. The van der Waals surface area contributed by atoms with Gasteiger partial charge in [-0.15, -0.1) is 0 Å². The molecule has 0 saturated carbocycles. The minimum Gasteiger partial charge on any atom is -0.494 e. The molecule has 3 heterocycles. The predicted molar refractivity (Wildman–Crippen MR) is 120 cm³/mol. The molecule has 0 amide bonds. The minimum atomic E-state index is -2.72. The molecule has 32 heavy (non-hydrogen) atoms. The van der Waals surface area contributed by atoms with E-state index < -0.39 is 18.0 Å². The molecule has 4 aromatic rings. The molecule has 10 heteroatoms. The fraction of sp³-hybridized carbons (Fsp3) is 0.227. The number of benzene rings is 1. The Morgan fingerprint density at radius 1 is 1.19 bits per heavy atom. The predicted octanol–water partition coefficient (Wildman–Crippen LogP) is 5.10. The van der Waals surface area contributed by atoms with Crippen molar-refractivity contribution in [3.8, 4) is 11.4 Å². The summed E-state index contributed by atoms with van der Waals surface area (Å²) in [6, 6.07) is 7.77. The van der Waals surface area contributed by atoms with E-state index in [-0.39, 0.29) is 11.3 Å². The van der Waals surface area contributed by atoms with Crippen molar-refractivity contribution < 1.29 is 13.5 Å². The first-order chi connectivity index (χ1) is 15.4. The highest BCUT2D eigenvalue weighted by molar-refractivity contribution is 7.05. The largest absolute Gasteiger partial charge is 0.494 e. The Morgan fingerprint density at radius 3 is 2.62 bits per heavy atom. The maximum atomic E-state index is 13.6. The highest BCUT2D eigenvalue weighted by Crippen LogP contribution is 2.30. The number of methoxy groups -OCH3 is 1. The highest BCUT2D eigenvalue weighted by atomic mass is 32.1. The summed E-state index contributed by atoms with van der Waals surface area (Å²) in [6.07, 6.45) is 3.63. The van der Waals surface area contributed by atoms with E-state index in [2.05, 4.69) is 14.7 Å². The zero-order valence-electron chi connectivity index (χ0n) is 17.6. The summed E-state index contributed by atoms with van der Waals surface area (Å²) < 4.78 is 39.8. The molecule has 0 spiro atoms. The van der Waals surface area contributed by atoms with Gasteiger partial charge >= 0.3 is 0 Å². The number of anilines is 2. The van der Waals surface area contributed by atoms with Gasteiger partial charge in [-0.3, -0.25) is 4.79 Å². The number of nitrogens with zero attached hydrogens (tertiary/aromatic N) is 4. The van der Waals surface area contributed by atoms with Gasteiger partial charge in [-0.1, -0.05) is 0 Å². The SMILES string of the molecule is COc1cc(Nc2cc(C(F)F)cn([C@@H](C)c3ccns3)c2=O)ccc1-n1cnc(C)c1. The molecule has 0 aliphatic carbocycles. The van der Waals surface area contributed by atoms with Crippen molar-refractivity contribution in [1.29, 1.82) is 0 Å². The number of imidazole rings is 1. The third-order valence-corrected chi connectivity index (χ3v) is 5.97. The lowest BCUT2D eigenvalue weighted by Crippen LogP contribution is -2.26. The van der Waals surface area contributed by atoms with Crippen LogP contribution in [-0.2, 0) is 0 Å². The van der Waals surface area contributed by atoms with Crippen LogP contribution in [0.1, 0.15) is 35.5 Å². The van der Waals surface area contributed by atoms with Crippen molar-refractivity contribution in [3.05, 3.63) is 81.7 Å². The first-order valence-corrected chi connectivity index (χ1v) is 10.6. The summed E-state index contributed by atoms with van der Waals surface area (Å²) in [5.74, 6) is 0.538. The second-order valence-electron chi connectivity index (χ2n) is 7.22. The van der Waals surface area contributed by atoms with Gasteiger partial charge in [-0.05, 0) is 49.6 Å². The molecule has 0 unspecified atom stereocenters. The normalized spacial score (nSPS) is 12.2. The maximum absolute atomic E-state index is 13.6. The molecule has 1 aromatic carbocycles. The quantitative estimate of drug-likeness (QED) is 0.418. The van der Waals surface area contributed by atoms with E-state index in [1.807, 2.05) is 17.7 Å². The summed E-state index contributed by atoms with van der Waals surface area (Å²) >= 11 is 1.22. The second-order valence-corrected chi connectivity index (χ2v) is 8.09. The Bertz CT molecular complexity index is 1280. The van der Waals surface area contributed by atoms with Crippen LogP contribution in [0.2, 0.25) is 0 Å². The van der Waals surface area contributed by atoms with Crippen LogP contribution in [0.15, 0.2) is 60.0 Å². The number of pyridine rings is 1. The maximum Gasteiger partial charge on any atom is 0.274 e. The van der Waals surface area contributed by atoms with Gasteiger partial charge in [0.15, 0.2) is 0 Å². The molecule has 0 fully saturated rings. The van der Waals surface area contributed by atoms with Crippen LogP contribution in [-0.4, -0.2) is 25.6 Å². The molecule has 0 radical (unpaired) electrons.